The minimum atomic E-state index is -0.264. The number of carbonyl (C=O) groups is 2. The average molecular weight is 487 g/mol. The molecule has 166 valence electrons. The van der Waals surface area contributed by atoms with Crippen LogP contribution in [0.4, 0.5) is 5.69 Å². The molecule has 1 saturated heterocycles. The van der Waals surface area contributed by atoms with E-state index in [-0.39, 0.29) is 11.8 Å². The molecule has 0 bridgehead atoms. The van der Waals surface area contributed by atoms with Crippen molar-refractivity contribution in [3.63, 3.8) is 0 Å². The van der Waals surface area contributed by atoms with Crippen molar-refractivity contribution in [3.05, 3.63) is 58.1 Å². The number of amides is 2. The minimum Gasteiger partial charge on any atom is -0.493 e. The van der Waals surface area contributed by atoms with E-state index in [2.05, 4.69) is 35.1 Å². The van der Waals surface area contributed by atoms with Crippen LogP contribution in [0.2, 0.25) is 0 Å². The molecule has 0 atom stereocenters. The molecule has 2 aromatic rings. The zero-order chi connectivity index (χ0) is 22.2. The maximum Gasteiger partial charge on any atom is 0.259 e. The van der Waals surface area contributed by atoms with Gasteiger partial charge in [0.25, 0.3) is 11.8 Å². The van der Waals surface area contributed by atoms with E-state index in [9.17, 15) is 9.59 Å². The van der Waals surface area contributed by atoms with E-state index in [4.69, 9.17) is 4.74 Å². The Labute approximate surface area is 193 Å². The Balaban J connectivity index is 1.72. The lowest BCUT2D eigenvalue weighted by Gasteiger charge is -2.20. The van der Waals surface area contributed by atoms with Gasteiger partial charge in [-0.15, -0.1) is 0 Å². The topological polar surface area (TPSA) is 58.6 Å². The molecule has 1 N–H and O–H groups in total. The zero-order valence-electron chi connectivity index (χ0n) is 18.3. The van der Waals surface area contributed by atoms with Gasteiger partial charge < -0.3 is 15.0 Å². The standard InChI is InChI=1S/C25H31BrN2O3/c1-18(2)12-15-31-23-11-10-20(26)17-22(23)24(29)27-21-9-7-8-19(16-21)25(30)28-13-5-3-4-6-14-28/h7-11,16-18H,3-6,12-15H2,1-2H3,(H,27,29). The van der Waals surface area contributed by atoms with Crippen LogP contribution in [0, 0.1) is 5.92 Å². The van der Waals surface area contributed by atoms with E-state index in [1.165, 1.54) is 12.8 Å². The second-order valence-corrected chi connectivity index (χ2v) is 9.33. The van der Waals surface area contributed by atoms with E-state index in [0.717, 1.165) is 36.8 Å². The van der Waals surface area contributed by atoms with Gasteiger partial charge in [0.15, 0.2) is 0 Å². The summed E-state index contributed by atoms with van der Waals surface area (Å²) in [5.41, 5.74) is 1.66. The molecular weight excluding hydrogens is 456 g/mol. The van der Waals surface area contributed by atoms with E-state index < -0.39 is 0 Å². The highest BCUT2D eigenvalue weighted by Crippen LogP contribution is 2.25. The third-order valence-electron chi connectivity index (χ3n) is 5.40. The molecule has 0 aromatic heterocycles. The van der Waals surface area contributed by atoms with Crippen molar-refractivity contribution in [2.45, 2.75) is 46.0 Å². The Morgan fingerprint density at radius 2 is 1.81 bits per heavy atom. The van der Waals surface area contributed by atoms with Crippen molar-refractivity contribution in [1.82, 2.24) is 4.90 Å². The first-order valence-electron chi connectivity index (χ1n) is 11.1. The van der Waals surface area contributed by atoms with Crippen LogP contribution in [0.1, 0.15) is 66.7 Å². The van der Waals surface area contributed by atoms with Crippen molar-refractivity contribution in [1.29, 1.82) is 0 Å². The van der Waals surface area contributed by atoms with Crippen molar-refractivity contribution < 1.29 is 14.3 Å². The molecule has 0 radical (unpaired) electrons. The van der Waals surface area contributed by atoms with Crippen LogP contribution in [0.3, 0.4) is 0 Å². The molecule has 1 aliphatic rings. The van der Waals surface area contributed by atoms with E-state index in [0.29, 0.717) is 35.1 Å². The van der Waals surface area contributed by atoms with Crippen molar-refractivity contribution in [3.8, 4) is 5.75 Å². The van der Waals surface area contributed by atoms with E-state index in [1.54, 1.807) is 24.3 Å². The van der Waals surface area contributed by atoms with Gasteiger partial charge in [-0.3, -0.25) is 9.59 Å². The lowest BCUT2D eigenvalue weighted by Crippen LogP contribution is -2.31. The number of benzene rings is 2. The number of hydrogen-bond acceptors (Lipinski definition) is 3. The summed E-state index contributed by atoms with van der Waals surface area (Å²) in [6, 6.07) is 12.6. The van der Waals surface area contributed by atoms with Gasteiger partial charge in [-0.25, -0.2) is 0 Å². The third-order valence-corrected chi connectivity index (χ3v) is 5.89. The SMILES string of the molecule is CC(C)CCOc1ccc(Br)cc1C(=O)Nc1cccc(C(=O)N2CCCCCC2)c1. The molecule has 6 heteroatoms. The van der Waals surface area contributed by atoms with Gasteiger partial charge in [-0.1, -0.05) is 48.7 Å². The molecule has 1 heterocycles. The van der Waals surface area contributed by atoms with Crippen LogP contribution in [0.5, 0.6) is 5.75 Å². The first-order chi connectivity index (χ1) is 14.9. The van der Waals surface area contributed by atoms with Gasteiger partial charge in [0.05, 0.1) is 12.2 Å². The molecule has 1 aliphatic heterocycles. The number of likely N-dealkylation sites (tertiary alicyclic amines) is 1. The molecule has 1 fully saturated rings. The fourth-order valence-electron chi connectivity index (χ4n) is 3.59. The summed E-state index contributed by atoms with van der Waals surface area (Å²) >= 11 is 3.44. The predicted molar refractivity (Wildman–Crippen MR) is 128 cm³/mol. The number of carbonyl (C=O) groups excluding carboxylic acids is 2. The monoisotopic (exact) mass is 486 g/mol. The second kappa shape index (κ2) is 11.3. The summed E-state index contributed by atoms with van der Waals surface area (Å²) in [5.74, 6) is 0.841. The van der Waals surface area contributed by atoms with E-state index in [1.807, 2.05) is 23.1 Å². The summed E-state index contributed by atoms with van der Waals surface area (Å²) in [7, 11) is 0. The maximum absolute atomic E-state index is 13.0. The van der Waals surface area contributed by atoms with Crippen molar-refractivity contribution in [2.24, 2.45) is 5.92 Å². The molecule has 3 rings (SSSR count). The highest BCUT2D eigenvalue weighted by atomic mass is 79.9. The molecule has 2 amide bonds. The van der Waals surface area contributed by atoms with Gasteiger partial charge >= 0.3 is 0 Å². The molecule has 2 aromatic carbocycles. The minimum absolute atomic E-state index is 0.0261. The molecule has 0 unspecified atom stereocenters. The van der Waals surface area contributed by atoms with Crippen LogP contribution in [0.25, 0.3) is 0 Å². The first-order valence-corrected chi connectivity index (χ1v) is 11.9. The smallest absolute Gasteiger partial charge is 0.259 e. The summed E-state index contributed by atoms with van der Waals surface area (Å²) in [6.07, 6.45) is 5.36. The summed E-state index contributed by atoms with van der Waals surface area (Å²) in [5, 5.41) is 2.93. The Kier molecular flexibility index (Phi) is 8.52. The molecular formula is C25H31BrN2O3. The van der Waals surface area contributed by atoms with Gasteiger partial charge in [-0.05, 0) is 61.6 Å². The Morgan fingerprint density at radius 3 is 2.52 bits per heavy atom. The molecule has 5 nitrogen and oxygen atoms in total. The predicted octanol–water partition coefficient (Wildman–Crippen LogP) is 6.14. The summed E-state index contributed by atoms with van der Waals surface area (Å²) in [4.78, 5) is 27.8. The third kappa shape index (κ3) is 6.82. The number of ether oxygens (including phenoxy) is 1. The average Bonchev–Trinajstić information content (AvgIpc) is 3.03. The summed E-state index contributed by atoms with van der Waals surface area (Å²) < 4.78 is 6.68. The summed E-state index contributed by atoms with van der Waals surface area (Å²) in [6.45, 7) is 6.42. The Hall–Kier alpha value is -2.34. The largest absolute Gasteiger partial charge is 0.493 e. The van der Waals surface area contributed by atoms with Crippen LogP contribution >= 0.6 is 15.9 Å². The normalized spacial score (nSPS) is 14.3. The van der Waals surface area contributed by atoms with Gasteiger partial charge in [-0.2, -0.15) is 0 Å². The number of halogens is 1. The second-order valence-electron chi connectivity index (χ2n) is 8.41. The number of hydrogen-bond donors (Lipinski definition) is 1. The van der Waals surface area contributed by atoms with Gasteiger partial charge in [0.2, 0.25) is 0 Å². The van der Waals surface area contributed by atoms with Gasteiger partial charge in [0.1, 0.15) is 5.75 Å². The molecule has 31 heavy (non-hydrogen) atoms. The van der Waals surface area contributed by atoms with Crippen molar-refractivity contribution in [2.75, 3.05) is 25.0 Å². The highest BCUT2D eigenvalue weighted by Gasteiger charge is 2.19. The molecule has 0 spiro atoms. The lowest BCUT2D eigenvalue weighted by atomic mass is 10.1. The number of nitrogens with one attached hydrogen (secondary N) is 1. The quantitative estimate of drug-likeness (QED) is 0.510. The van der Waals surface area contributed by atoms with Crippen LogP contribution in [-0.2, 0) is 0 Å². The fraction of sp³-hybridized carbons (Fsp3) is 0.440. The van der Waals surface area contributed by atoms with Crippen LogP contribution < -0.4 is 10.1 Å². The van der Waals surface area contributed by atoms with Crippen LogP contribution in [-0.4, -0.2) is 36.4 Å². The molecule has 0 aliphatic carbocycles. The maximum atomic E-state index is 13.0. The number of rotatable bonds is 7. The van der Waals surface area contributed by atoms with Crippen LogP contribution in [0.15, 0.2) is 46.9 Å². The lowest BCUT2D eigenvalue weighted by molar-refractivity contribution is 0.0761. The number of nitrogens with zero attached hydrogens (tertiary/aromatic N) is 1. The molecule has 0 saturated carbocycles. The van der Waals surface area contributed by atoms with Gasteiger partial charge in [0, 0.05) is 28.8 Å². The Morgan fingerprint density at radius 1 is 1.06 bits per heavy atom. The van der Waals surface area contributed by atoms with Crippen molar-refractivity contribution >= 4 is 33.4 Å². The fourth-order valence-corrected chi connectivity index (χ4v) is 3.96. The first kappa shape index (κ1) is 23.3. The highest BCUT2D eigenvalue weighted by molar-refractivity contribution is 9.10. The zero-order valence-corrected chi connectivity index (χ0v) is 19.9. The number of anilines is 1. The van der Waals surface area contributed by atoms with E-state index >= 15 is 0 Å². The Bertz CT molecular complexity index is 905.